The van der Waals surface area contributed by atoms with E-state index in [4.69, 9.17) is 22.6 Å². The minimum atomic E-state index is 0.0423. The van der Waals surface area contributed by atoms with Gasteiger partial charge in [0.1, 0.15) is 10.7 Å². The number of rotatable bonds is 0. The first-order valence-corrected chi connectivity index (χ1v) is 3.71. The monoisotopic (exact) mass is 232 g/mol. The van der Waals surface area contributed by atoms with Gasteiger partial charge in [-0.25, -0.2) is 9.97 Å². The van der Waals surface area contributed by atoms with E-state index in [-0.39, 0.29) is 16.7 Å². The lowest BCUT2D eigenvalue weighted by molar-refractivity contribution is 1.14. The zero-order chi connectivity index (χ0) is 8.43. The zero-order valence-electron chi connectivity index (χ0n) is 5.17. The SMILES string of the molecule is N#Cc1nc(Br)c(Cl)nc1N. The summed E-state index contributed by atoms with van der Waals surface area (Å²) in [5.74, 6) is 0.0423. The Labute approximate surface area is 76.1 Å². The largest absolute Gasteiger partial charge is 0.381 e. The highest BCUT2D eigenvalue weighted by atomic mass is 79.9. The van der Waals surface area contributed by atoms with Crippen LogP contribution in [0.4, 0.5) is 5.82 Å². The lowest BCUT2D eigenvalue weighted by Crippen LogP contribution is -1.98. The number of anilines is 1. The second kappa shape index (κ2) is 3.03. The van der Waals surface area contributed by atoms with Crippen molar-refractivity contribution < 1.29 is 0 Å². The van der Waals surface area contributed by atoms with Crippen molar-refractivity contribution in [3.05, 3.63) is 15.5 Å². The lowest BCUT2D eigenvalue weighted by Gasteiger charge is -1.97. The smallest absolute Gasteiger partial charge is 0.184 e. The van der Waals surface area contributed by atoms with Gasteiger partial charge in [-0.3, -0.25) is 0 Å². The van der Waals surface area contributed by atoms with Crippen LogP contribution in [-0.2, 0) is 0 Å². The molecule has 0 saturated carbocycles. The Balaban J connectivity index is 3.35. The van der Waals surface area contributed by atoms with Crippen LogP contribution in [0, 0.1) is 11.3 Å². The van der Waals surface area contributed by atoms with Gasteiger partial charge >= 0.3 is 0 Å². The second-order valence-corrected chi connectivity index (χ2v) is 2.76. The third-order valence-electron chi connectivity index (χ3n) is 0.947. The van der Waals surface area contributed by atoms with Crippen molar-refractivity contribution in [1.82, 2.24) is 9.97 Å². The van der Waals surface area contributed by atoms with Crippen LogP contribution in [0.15, 0.2) is 4.60 Å². The Hall–Kier alpha value is -0.860. The zero-order valence-corrected chi connectivity index (χ0v) is 7.52. The molecule has 1 rings (SSSR count). The molecule has 6 heteroatoms. The fourth-order valence-electron chi connectivity index (χ4n) is 0.489. The molecule has 0 unspecified atom stereocenters. The topological polar surface area (TPSA) is 75.6 Å². The molecule has 0 aliphatic rings. The number of nitrogens with two attached hydrogens (primary N) is 1. The summed E-state index contributed by atoms with van der Waals surface area (Å²) >= 11 is 8.54. The Morgan fingerprint density at radius 2 is 2.18 bits per heavy atom. The molecule has 56 valence electrons. The van der Waals surface area contributed by atoms with E-state index >= 15 is 0 Å². The van der Waals surface area contributed by atoms with Crippen LogP contribution in [0.25, 0.3) is 0 Å². The minimum Gasteiger partial charge on any atom is -0.381 e. The summed E-state index contributed by atoms with van der Waals surface area (Å²) in [4.78, 5) is 7.38. The third kappa shape index (κ3) is 1.59. The van der Waals surface area contributed by atoms with E-state index in [0.29, 0.717) is 4.60 Å². The maximum atomic E-state index is 8.44. The summed E-state index contributed by atoms with van der Waals surface area (Å²) in [6.45, 7) is 0. The molecule has 0 spiro atoms. The van der Waals surface area contributed by atoms with E-state index in [1.54, 1.807) is 6.07 Å². The molecule has 0 aliphatic carbocycles. The second-order valence-electron chi connectivity index (χ2n) is 1.65. The molecule has 0 bridgehead atoms. The number of aromatic nitrogens is 2. The third-order valence-corrected chi connectivity index (χ3v) is 1.99. The molecular formula is C5H2BrClN4. The molecule has 1 heterocycles. The standard InChI is InChI=1S/C5H2BrClN4/c6-3-4(7)11-5(9)2(1-8)10-3/h(H2,9,11). The molecule has 0 amide bonds. The fraction of sp³-hybridized carbons (Fsp3) is 0. The van der Waals surface area contributed by atoms with Crippen LogP contribution in [-0.4, -0.2) is 9.97 Å². The predicted octanol–water partition coefficient (Wildman–Crippen LogP) is 1.35. The lowest BCUT2D eigenvalue weighted by atomic mass is 10.4. The van der Waals surface area contributed by atoms with Crippen LogP contribution in [0.2, 0.25) is 5.15 Å². The molecule has 2 N–H and O–H groups in total. The quantitative estimate of drug-likeness (QED) is 0.734. The first-order valence-electron chi connectivity index (χ1n) is 2.53. The molecule has 11 heavy (non-hydrogen) atoms. The van der Waals surface area contributed by atoms with Gasteiger partial charge in [-0.2, -0.15) is 5.26 Å². The Morgan fingerprint density at radius 3 is 2.73 bits per heavy atom. The van der Waals surface area contributed by atoms with Gasteiger partial charge in [-0.05, 0) is 15.9 Å². The molecular weight excluding hydrogens is 231 g/mol. The van der Waals surface area contributed by atoms with Crippen molar-refractivity contribution in [3.63, 3.8) is 0 Å². The molecule has 4 nitrogen and oxygen atoms in total. The maximum Gasteiger partial charge on any atom is 0.184 e. The van der Waals surface area contributed by atoms with Gasteiger partial charge in [-0.1, -0.05) is 11.6 Å². The van der Waals surface area contributed by atoms with E-state index in [0.717, 1.165) is 0 Å². The van der Waals surface area contributed by atoms with Crippen molar-refractivity contribution in [3.8, 4) is 6.07 Å². The van der Waals surface area contributed by atoms with Crippen molar-refractivity contribution >= 4 is 33.3 Å². The number of nitrogen functional groups attached to an aromatic ring is 1. The molecule has 1 aromatic heterocycles. The van der Waals surface area contributed by atoms with Crippen LogP contribution < -0.4 is 5.73 Å². The summed E-state index contributed by atoms with van der Waals surface area (Å²) < 4.78 is 0.324. The van der Waals surface area contributed by atoms with Crippen LogP contribution in [0.1, 0.15) is 5.69 Å². The maximum absolute atomic E-state index is 8.44. The Kier molecular flexibility index (Phi) is 2.27. The highest BCUT2D eigenvalue weighted by Crippen LogP contribution is 2.19. The average molecular weight is 233 g/mol. The van der Waals surface area contributed by atoms with E-state index in [1.165, 1.54) is 0 Å². The highest BCUT2D eigenvalue weighted by Gasteiger charge is 2.06. The molecule has 0 fully saturated rings. The fourth-order valence-corrected chi connectivity index (χ4v) is 0.888. The molecule has 0 aliphatic heterocycles. The van der Waals surface area contributed by atoms with Crippen molar-refractivity contribution in [2.45, 2.75) is 0 Å². The number of hydrogen-bond acceptors (Lipinski definition) is 4. The minimum absolute atomic E-state index is 0.0423. The molecule has 0 saturated heterocycles. The van der Waals surface area contributed by atoms with Gasteiger partial charge in [0, 0.05) is 0 Å². The molecule has 0 atom stereocenters. The van der Waals surface area contributed by atoms with Crippen molar-refractivity contribution in [1.29, 1.82) is 5.26 Å². The van der Waals surface area contributed by atoms with E-state index in [2.05, 4.69) is 25.9 Å². The van der Waals surface area contributed by atoms with E-state index in [1.807, 2.05) is 0 Å². The first kappa shape index (κ1) is 8.24. The number of hydrogen-bond donors (Lipinski definition) is 1. The van der Waals surface area contributed by atoms with Crippen LogP contribution in [0.5, 0.6) is 0 Å². The van der Waals surface area contributed by atoms with Gasteiger partial charge in [-0.15, -0.1) is 0 Å². The average Bonchev–Trinajstić information content (AvgIpc) is 1.97. The number of nitrogens with zero attached hydrogens (tertiary/aromatic N) is 3. The normalized spacial score (nSPS) is 9.18. The Bertz CT molecular complexity index is 332. The molecule has 1 aromatic rings. The van der Waals surface area contributed by atoms with Crippen molar-refractivity contribution in [2.75, 3.05) is 5.73 Å². The Morgan fingerprint density at radius 1 is 1.55 bits per heavy atom. The van der Waals surface area contributed by atoms with E-state index < -0.39 is 0 Å². The van der Waals surface area contributed by atoms with Gasteiger partial charge in [0.25, 0.3) is 0 Å². The van der Waals surface area contributed by atoms with Crippen LogP contribution >= 0.6 is 27.5 Å². The van der Waals surface area contributed by atoms with Crippen LogP contribution in [0.3, 0.4) is 0 Å². The summed E-state index contributed by atoms with van der Waals surface area (Å²) in [7, 11) is 0. The molecule has 0 aromatic carbocycles. The first-order chi connectivity index (χ1) is 5.15. The van der Waals surface area contributed by atoms with Crippen molar-refractivity contribution in [2.24, 2.45) is 0 Å². The molecule has 0 radical (unpaired) electrons. The number of halogens is 2. The number of nitriles is 1. The highest BCUT2D eigenvalue weighted by molar-refractivity contribution is 9.10. The van der Waals surface area contributed by atoms with Gasteiger partial charge < -0.3 is 5.73 Å². The summed E-state index contributed by atoms with van der Waals surface area (Å²) in [5, 5.41) is 8.59. The van der Waals surface area contributed by atoms with Gasteiger partial charge in [0.2, 0.25) is 0 Å². The van der Waals surface area contributed by atoms with Gasteiger partial charge in [0.05, 0.1) is 0 Å². The summed E-state index contributed by atoms with van der Waals surface area (Å²) in [6, 6.07) is 1.78. The summed E-state index contributed by atoms with van der Waals surface area (Å²) in [5.41, 5.74) is 5.37. The summed E-state index contributed by atoms with van der Waals surface area (Å²) in [6.07, 6.45) is 0. The predicted molar refractivity (Wildman–Crippen MR) is 43.9 cm³/mol. The van der Waals surface area contributed by atoms with E-state index in [9.17, 15) is 0 Å². The van der Waals surface area contributed by atoms with Gasteiger partial charge in [0.15, 0.2) is 16.7 Å².